The lowest BCUT2D eigenvalue weighted by atomic mass is 9.84. The minimum atomic E-state index is -0.885. The molecule has 0 fully saturated rings. The quantitative estimate of drug-likeness (QED) is 0.780. The topological polar surface area (TPSA) is 57.5 Å². The van der Waals surface area contributed by atoms with Gasteiger partial charge in [-0.1, -0.05) is 30.4 Å². The van der Waals surface area contributed by atoms with E-state index in [2.05, 4.69) is 0 Å². The molecule has 0 spiro atoms. The number of carbonyl (C=O) groups is 1. The van der Waals surface area contributed by atoms with Crippen LogP contribution in [0.2, 0.25) is 0 Å². The Balaban J connectivity index is 2.10. The number of aliphatic hydroxyl groups is 2. The van der Waals surface area contributed by atoms with Gasteiger partial charge in [0.15, 0.2) is 5.78 Å². The third-order valence-corrected chi connectivity index (χ3v) is 4.70. The second-order valence-electron chi connectivity index (χ2n) is 5.93. The van der Waals surface area contributed by atoms with Crippen LogP contribution in [-0.2, 0) is 6.42 Å². The highest BCUT2D eigenvalue weighted by Crippen LogP contribution is 2.39. The van der Waals surface area contributed by atoms with Crippen molar-refractivity contribution in [2.45, 2.75) is 32.0 Å². The number of hydrogen-bond acceptors (Lipinski definition) is 3. The van der Waals surface area contributed by atoms with Crippen LogP contribution in [0.25, 0.3) is 16.8 Å². The summed E-state index contributed by atoms with van der Waals surface area (Å²) in [6, 6.07) is 5.90. The fourth-order valence-corrected chi connectivity index (χ4v) is 3.66. The first-order valence-corrected chi connectivity index (χ1v) is 7.24. The fourth-order valence-electron chi connectivity index (χ4n) is 3.66. The van der Waals surface area contributed by atoms with Crippen molar-refractivity contribution in [3.8, 4) is 0 Å². The smallest absolute Gasteiger partial charge is 0.163 e. The van der Waals surface area contributed by atoms with Gasteiger partial charge < -0.3 is 10.2 Å². The summed E-state index contributed by atoms with van der Waals surface area (Å²) in [5.41, 5.74) is 4.67. The molecule has 0 radical (unpaired) electrons. The van der Waals surface area contributed by atoms with Crippen LogP contribution in [-0.4, -0.2) is 22.1 Å². The lowest BCUT2D eigenvalue weighted by Gasteiger charge is -2.25. The van der Waals surface area contributed by atoms with Gasteiger partial charge in [-0.3, -0.25) is 4.79 Å². The molecule has 4 rings (SSSR count). The van der Waals surface area contributed by atoms with E-state index in [-0.39, 0.29) is 5.78 Å². The second kappa shape index (κ2) is 4.26. The average Bonchev–Trinajstić information content (AvgIpc) is 2.84. The summed E-state index contributed by atoms with van der Waals surface area (Å²) in [5, 5.41) is 22.2. The summed E-state index contributed by atoms with van der Waals surface area (Å²) in [7, 11) is 0. The Bertz CT molecular complexity index is 817. The number of aliphatic hydroxyl groups excluding tert-OH is 2. The summed E-state index contributed by atoms with van der Waals surface area (Å²) in [6.45, 7) is 1.95. The van der Waals surface area contributed by atoms with Crippen LogP contribution in [0.3, 0.4) is 0 Å². The molecule has 0 unspecified atom stereocenters. The molecule has 0 bridgehead atoms. The molecule has 106 valence electrons. The number of Topliss-reactive ketones (excluding diaryl/α,β-unsaturated/α-hetero) is 1. The summed E-state index contributed by atoms with van der Waals surface area (Å²) >= 11 is 0. The Morgan fingerprint density at radius 1 is 1.14 bits per heavy atom. The van der Waals surface area contributed by atoms with Gasteiger partial charge in [0.1, 0.15) is 12.2 Å². The van der Waals surface area contributed by atoms with Crippen molar-refractivity contribution in [3.63, 3.8) is 0 Å². The van der Waals surface area contributed by atoms with Gasteiger partial charge >= 0.3 is 0 Å². The standard InChI is InChI=1S/C18H16O3/c1-9-8-14-10-4-6-15(19)12(10)3-2-11(14)13-5-7-16(20)18(21)17(9)13/h2-3,5,7-8,16,18,20-21H,4,6H2,1H3/t16-,18+/m1/s1. The van der Waals surface area contributed by atoms with E-state index in [0.29, 0.717) is 6.42 Å². The molecule has 0 aromatic heterocycles. The number of aryl methyl sites for hydroxylation is 2. The lowest BCUT2D eigenvalue weighted by Crippen LogP contribution is -2.20. The Kier molecular flexibility index (Phi) is 2.59. The molecule has 0 saturated carbocycles. The van der Waals surface area contributed by atoms with Crippen molar-refractivity contribution in [2.24, 2.45) is 0 Å². The van der Waals surface area contributed by atoms with Crippen molar-refractivity contribution < 1.29 is 15.0 Å². The van der Waals surface area contributed by atoms with Crippen molar-refractivity contribution in [3.05, 3.63) is 52.1 Å². The SMILES string of the molecule is Cc1cc2c3c(ccc2c2c1[C@@H](O)[C@H](O)C=C2)C(=O)CC3. The predicted molar refractivity (Wildman–Crippen MR) is 81.3 cm³/mol. The normalized spacial score (nSPS) is 23.5. The number of rotatable bonds is 0. The molecule has 0 saturated heterocycles. The minimum absolute atomic E-state index is 0.216. The Labute approximate surface area is 122 Å². The zero-order valence-electron chi connectivity index (χ0n) is 11.8. The molecule has 0 heterocycles. The molecule has 2 aliphatic rings. The molecule has 21 heavy (non-hydrogen) atoms. The molecule has 3 nitrogen and oxygen atoms in total. The van der Waals surface area contributed by atoms with Crippen molar-refractivity contribution >= 4 is 22.6 Å². The first-order valence-electron chi connectivity index (χ1n) is 7.24. The third-order valence-electron chi connectivity index (χ3n) is 4.70. The molecule has 2 N–H and O–H groups in total. The fraction of sp³-hybridized carbons (Fsp3) is 0.278. The maximum Gasteiger partial charge on any atom is 0.163 e. The van der Waals surface area contributed by atoms with Crippen LogP contribution in [0.1, 0.15) is 45.1 Å². The van der Waals surface area contributed by atoms with Crippen LogP contribution in [0, 0.1) is 6.92 Å². The molecule has 2 aromatic carbocycles. The minimum Gasteiger partial charge on any atom is -0.386 e. The Hall–Kier alpha value is -1.97. The Morgan fingerprint density at radius 2 is 1.95 bits per heavy atom. The van der Waals surface area contributed by atoms with Gasteiger partial charge in [-0.15, -0.1) is 0 Å². The summed E-state index contributed by atoms with van der Waals surface area (Å²) < 4.78 is 0. The van der Waals surface area contributed by atoms with Gasteiger partial charge in [-0.05, 0) is 46.4 Å². The van der Waals surface area contributed by atoms with Gasteiger partial charge in [0.2, 0.25) is 0 Å². The van der Waals surface area contributed by atoms with Gasteiger partial charge in [-0.25, -0.2) is 0 Å². The molecule has 2 atom stereocenters. The maximum absolute atomic E-state index is 11.9. The molecule has 3 heteroatoms. The van der Waals surface area contributed by atoms with E-state index in [0.717, 1.165) is 45.0 Å². The molecule has 0 aliphatic heterocycles. The van der Waals surface area contributed by atoms with Gasteiger partial charge in [0.25, 0.3) is 0 Å². The Morgan fingerprint density at radius 3 is 2.76 bits per heavy atom. The number of ketones is 1. The zero-order valence-corrected chi connectivity index (χ0v) is 11.8. The third kappa shape index (κ3) is 1.65. The van der Waals surface area contributed by atoms with Crippen molar-refractivity contribution in [1.29, 1.82) is 0 Å². The molecule has 2 aliphatic carbocycles. The second-order valence-corrected chi connectivity index (χ2v) is 5.93. The summed E-state index contributed by atoms with van der Waals surface area (Å²) in [4.78, 5) is 11.9. The highest BCUT2D eigenvalue weighted by atomic mass is 16.3. The van der Waals surface area contributed by atoms with Crippen LogP contribution in [0.5, 0.6) is 0 Å². The highest BCUT2D eigenvalue weighted by Gasteiger charge is 2.28. The average molecular weight is 280 g/mol. The maximum atomic E-state index is 11.9. The van der Waals surface area contributed by atoms with E-state index in [1.54, 1.807) is 6.08 Å². The van der Waals surface area contributed by atoms with Crippen LogP contribution < -0.4 is 0 Å². The number of hydrogen-bond donors (Lipinski definition) is 2. The van der Waals surface area contributed by atoms with Gasteiger partial charge in [0.05, 0.1) is 0 Å². The van der Waals surface area contributed by atoms with E-state index in [9.17, 15) is 15.0 Å². The van der Waals surface area contributed by atoms with Crippen molar-refractivity contribution in [1.82, 2.24) is 0 Å². The van der Waals surface area contributed by atoms with Crippen LogP contribution in [0.4, 0.5) is 0 Å². The molecular weight excluding hydrogens is 264 g/mol. The van der Waals surface area contributed by atoms with Crippen LogP contribution in [0.15, 0.2) is 24.3 Å². The van der Waals surface area contributed by atoms with Crippen molar-refractivity contribution in [2.75, 3.05) is 0 Å². The van der Waals surface area contributed by atoms with E-state index in [1.165, 1.54) is 0 Å². The highest BCUT2D eigenvalue weighted by molar-refractivity contribution is 6.07. The number of benzene rings is 2. The van der Waals surface area contributed by atoms with Gasteiger partial charge in [0, 0.05) is 12.0 Å². The van der Waals surface area contributed by atoms with E-state index >= 15 is 0 Å². The van der Waals surface area contributed by atoms with Gasteiger partial charge in [-0.2, -0.15) is 0 Å². The molecular formula is C18H16O3. The van der Waals surface area contributed by atoms with Crippen LogP contribution >= 0.6 is 0 Å². The molecule has 0 amide bonds. The predicted octanol–water partition coefficient (Wildman–Crippen LogP) is 2.70. The summed E-state index contributed by atoms with van der Waals surface area (Å²) in [5.74, 6) is 0.216. The number of fused-ring (bicyclic) bond motifs is 5. The lowest BCUT2D eigenvalue weighted by molar-refractivity contribution is 0.0467. The van der Waals surface area contributed by atoms with E-state index in [1.807, 2.05) is 31.2 Å². The molecule has 2 aromatic rings. The largest absolute Gasteiger partial charge is 0.386 e. The first kappa shape index (κ1) is 12.7. The zero-order chi connectivity index (χ0) is 14.7. The van der Waals surface area contributed by atoms with E-state index in [4.69, 9.17) is 0 Å². The van der Waals surface area contributed by atoms with E-state index < -0.39 is 12.2 Å². The number of carbonyl (C=O) groups excluding carboxylic acids is 1. The summed E-state index contributed by atoms with van der Waals surface area (Å²) in [6.07, 6.45) is 3.14. The first-order chi connectivity index (χ1) is 10.1. The monoisotopic (exact) mass is 280 g/mol.